The van der Waals surface area contributed by atoms with Gasteiger partial charge >= 0.3 is 0 Å². The molecule has 0 fully saturated rings. The summed E-state index contributed by atoms with van der Waals surface area (Å²) in [4.78, 5) is 11.6. The first-order valence-corrected chi connectivity index (χ1v) is 5.44. The largest absolute Gasteiger partial charge is 0.324 e. The van der Waals surface area contributed by atoms with E-state index in [1.807, 2.05) is 37.6 Å². The first-order chi connectivity index (χ1) is 6.41. The van der Waals surface area contributed by atoms with Crippen LogP contribution >= 0.6 is 23.7 Å². The molecule has 86 valence electrons. The predicted molar refractivity (Wildman–Crippen MR) is 67.6 cm³/mol. The molecule has 0 bridgehead atoms. The molecule has 1 rings (SSSR count). The van der Waals surface area contributed by atoms with E-state index in [0.717, 1.165) is 5.69 Å². The lowest BCUT2D eigenvalue weighted by Gasteiger charge is -2.25. The van der Waals surface area contributed by atoms with Gasteiger partial charge in [-0.1, -0.05) is 20.8 Å². The molecule has 3 nitrogen and oxygen atoms in total. The van der Waals surface area contributed by atoms with E-state index in [1.54, 1.807) is 11.3 Å². The van der Waals surface area contributed by atoms with Crippen molar-refractivity contribution in [3.05, 3.63) is 16.8 Å². The average molecular weight is 249 g/mol. The number of hydrogen-bond donors (Lipinski definition) is 2. The fraction of sp³-hybridized carbons (Fsp3) is 0.500. The Bertz CT molecular complexity index is 306. The van der Waals surface area contributed by atoms with Crippen LogP contribution in [0, 0.1) is 5.41 Å². The smallest absolute Gasteiger partial charge is 0.241 e. The van der Waals surface area contributed by atoms with Gasteiger partial charge in [-0.15, -0.1) is 12.4 Å². The molecule has 1 aromatic rings. The van der Waals surface area contributed by atoms with Crippen LogP contribution in [0.4, 0.5) is 5.69 Å². The molecule has 5 heteroatoms. The first kappa shape index (κ1) is 14.4. The average Bonchev–Trinajstić information content (AvgIpc) is 2.53. The van der Waals surface area contributed by atoms with Gasteiger partial charge in [-0.05, 0) is 16.9 Å². The summed E-state index contributed by atoms with van der Waals surface area (Å²) in [7, 11) is 0. The molecular formula is C10H17ClN2OS. The van der Waals surface area contributed by atoms with Crippen LogP contribution in [0.25, 0.3) is 0 Å². The molecule has 1 amide bonds. The second-order valence-corrected chi connectivity index (χ2v) is 5.13. The maximum atomic E-state index is 11.6. The lowest BCUT2D eigenvalue weighted by Crippen LogP contribution is -2.45. The minimum Gasteiger partial charge on any atom is -0.324 e. The van der Waals surface area contributed by atoms with Crippen molar-refractivity contribution in [1.82, 2.24) is 0 Å². The zero-order valence-electron chi connectivity index (χ0n) is 9.11. The van der Waals surface area contributed by atoms with Gasteiger partial charge in [-0.25, -0.2) is 0 Å². The summed E-state index contributed by atoms with van der Waals surface area (Å²) in [5.41, 5.74) is 6.41. The number of hydrogen-bond acceptors (Lipinski definition) is 3. The highest BCUT2D eigenvalue weighted by atomic mass is 35.5. The molecule has 0 saturated heterocycles. The van der Waals surface area contributed by atoms with Gasteiger partial charge in [0.2, 0.25) is 5.91 Å². The lowest BCUT2D eigenvalue weighted by atomic mass is 9.87. The van der Waals surface area contributed by atoms with Gasteiger partial charge in [0.1, 0.15) is 0 Å². The second-order valence-electron chi connectivity index (χ2n) is 4.34. The van der Waals surface area contributed by atoms with E-state index in [9.17, 15) is 4.79 Å². The zero-order chi connectivity index (χ0) is 10.8. The van der Waals surface area contributed by atoms with Gasteiger partial charge in [-0.2, -0.15) is 11.3 Å². The van der Waals surface area contributed by atoms with Crippen molar-refractivity contribution < 1.29 is 4.79 Å². The number of carbonyl (C=O) groups excluding carboxylic acids is 1. The van der Waals surface area contributed by atoms with E-state index in [0.29, 0.717) is 0 Å². The number of halogens is 1. The van der Waals surface area contributed by atoms with E-state index in [-0.39, 0.29) is 23.7 Å². The molecule has 0 aliphatic rings. The Kier molecular flexibility index (Phi) is 5.28. The number of carbonyl (C=O) groups is 1. The van der Waals surface area contributed by atoms with Crippen molar-refractivity contribution in [2.45, 2.75) is 26.8 Å². The third-order valence-electron chi connectivity index (χ3n) is 2.00. The summed E-state index contributed by atoms with van der Waals surface area (Å²) in [5, 5.41) is 6.57. The fourth-order valence-corrected chi connectivity index (χ4v) is 1.54. The summed E-state index contributed by atoms with van der Waals surface area (Å²) in [6, 6.07) is 1.38. The molecule has 15 heavy (non-hydrogen) atoms. The van der Waals surface area contributed by atoms with E-state index in [4.69, 9.17) is 5.73 Å². The number of nitrogens with two attached hydrogens (primary N) is 1. The Morgan fingerprint density at radius 1 is 1.53 bits per heavy atom. The third-order valence-corrected chi connectivity index (χ3v) is 2.69. The number of amides is 1. The number of anilines is 1. The molecule has 1 atom stereocenters. The highest BCUT2D eigenvalue weighted by molar-refractivity contribution is 7.08. The van der Waals surface area contributed by atoms with Crippen LogP contribution in [0.15, 0.2) is 16.8 Å². The lowest BCUT2D eigenvalue weighted by molar-refractivity contribution is -0.119. The summed E-state index contributed by atoms with van der Waals surface area (Å²) >= 11 is 1.55. The summed E-state index contributed by atoms with van der Waals surface area (Å²) in [5.74, 6) is -0.129. The third kappa shape index (κ3) is 4.20. The van der Waals surface area contributed by atoms with Crippen LogP contribution in [-0.2, 0) is 4.79 Å². The highest BCUT2D eigenvalue weighted by Gasteiger charge is 2.27. The molecule has 1 heterocycles. The van der Waals surface area contributed by atoms with Crippen LogP contribution < -0.4 is 11.1 Å². The number of rotatable bonds is 2. The van der Waals surface area contributed by atoms with Crippen molar-refractivity contribution in [2.24, 2.45) is 11.1 Å². The Morgan fingerprint density at radius 3 is 2.53 bits per heavy atom. The molecule has 0 aliphatic carbocycles. The van der Waals surface area contributed by atoms with Gasteiger partial charge in [0.25, 0.3) is 0 Å². The van der Waals surface area contributed by atoms with Crippen molar-refractivity contribution in [3.63, 3.8) is 0 Å². The van der Waals surface area contributed by atoms with Gasteiger partial charge in [-0.3, -0.25) is 4.79 Å². The normalized spacial score (nSPS) is 12.8. The maximum absolute atomic E-state index is 11.6. The van der Waals surface area contributed by atoms with Crippen molar-refractivity contribution >= 4 is 35.3 Å². The summed E-state index contributed by atoms with van der Waals surface area (Å²) in [6.45, 7) is 5.85. The van der Waals surface area contributed by atoms with Gasteiger partial charge in [0, 0.05) is 5.38 Å². The van der Waals surface area contributed by atoms with Gasteiger partial charge in [0.05, 0.1) is 11.7 Å². The minimum atomic E-state index is -0.484. The van der Waals surface area contributed by atoms with Crippen LogP contribution in [0.1, 0.15) is 20.8 Å². The van der Waals surface area contributed by atoms with Crippen LogP contribution in [0.2, 0.25) is 0 Å². The minimum absolute atomic E-state index is 0. The van der Waals surface area contributed by atoms with Crippen LogP contribution in [0.3, 0.4) is 0 Å². The molecule has 0 unspecified atom stereocenters. The Balaban J connectivity index is 0.00000196. The summed E-state index contributed by atoms with van der Waals surface area (Å²) < 4.78 is 0. The number of thiophene rings is 1. The SMILES string of the molecule is CC(C)(C)[C@H](N)C(=O)Nc1ccsc1.Cl. The Hall–Kier alpha value is -0.580. The fourth-order valence-electron chi connectivity index (χ4n) is 0.949. The van der Waals surface area contributed by atoms with Crippen molar-refractivity contribution in [3.8, 4) is 0 Å². The summed E-state index contributed by atoms with van der Waals surface area (Å²) in [6.07, 6.45) is 0. The molecule has 0 aliphatic heterocycles. The second kappa shape index (κ2) is 5.49. The molecule has 0 radical (unpaired) electrons. The van der Waals surface area contributed by atoms with Crippen molar-refractivity contribution in [2.75, 3.05) is 5.32 Å². The monoisotopic (exact) mass is 248 g/mol. The van der Waals surface area contributed by atoms with E-state index in [2.05, 4.69) is 5.32 Å². The molecule has 0 aromatic carbocycles. The van der Waals surface area contributed by atoms with Crippen LogP contribution in [0.5, 0.6) is 0 Å². The quantitative estimate of drug-likeness (QED) is 0.845. The van der Waals surface area contributed by atoms with E-state index < -0.39 is 6.04 Å². The van der Waals surface area contributed by atoms with Crippen molar-refractivity contribution in [1.29, 1.82) is 0 Å². The molecule has 1 aromatic heterocycles. The Morgan fingerprint density at radius 2 is 2.13 bits per heavy atom. The van der Waals surface area contributed by atoms with Gasteiger partial charge in [0.15, 0.2) is 0 Å². The molecule has 0 spiro atoms. The zero-order valence-corrected chi connectivity index (χ0v) is 10.7. The first-order valence-electron chi connectivity index (χ1n) is 4.50. The molecule has 0 saturated carbocycles. The van der Waals surface area contributed by atoms with Crippen LogP contribution in [-0.4, -0.2) is 11.9 Å². The number of nitrogens with one attached hydrogen (secondary N) is 1. The molecular weight excluding hydrogens is 232 g/mol. The topological polar surface area (TPSA) is 55.1 Å². The maximum Gasteiger partial charge on any atom is 0.241 e. The standard InChI is InChI=1S/C10H16N2OS.ClH/c1-10(2,3)8(11)9(13)12-7-4-5-14-6-7;/h4-6,8H,11H2,1-3H3,(H,12,13);1H/t8-;/m1./s1. The molecule has 3 N–H and O–H groups in total. The van der Waals surface area contributed by atoms with E-state index in [1.165, 1.54) is 0 Å². The highest BCUT2D eigenvalue weighted by Crippen LogP contribution is 2.19. The van der Waals surface area contributed by atoms with E-state index >= 15 is 0 Å². The predicted octanol–water partition coefficient (Wildman–Crippen LogP) is 2.48. The van der Waals surface area contributed by atoms with Gasteiger partial charge < -0.3 is 11.1 Å². The Labute approximate surface area is 100 Å².